The second-order valence-electron chi connectivity index (χ2n) is 7.11. The quantitative estimate of drug-likeness (QED) is 0.768. The van der Waals surface area contributed by atoms with Crippen molar-refractivity contribution in [3.05, 3.63) is 70.2 Å². The molecule has 2 fully saturated rings. The second kappa shape index (κ2) is 5.57. The summed E-state index contributed by atoms with van der Waals surface area (Å²) in [6.45, 7) is 2.54. The van der Waals surface area contributed by atoms with Crippen molar-refractivity contribution >= 4 is 17.0 Å². The molecule has 2 atom stereocenters. The van der Waals surface area contributed by atoms with Crippen molar-refractivity contribution in [2.24, 2.45) is 5.92 Å². The molecule has 3 aromatic rings. The number of amides is 1. The fraction of sp³-hybridized carbons (Fsp3) is 0.300. The van der Waals surface area contributed by atoms with Crippen LogP contribution in [0.1, 0.15) is 15.9 Å². The minimum Gasteiger partial charge on any atom is -0.408 e. The van der Waals surface area contributed by atoms with Gasteiger partial charge in [0, 0.05) is 24.4 Å². The van der Waals surface area contributed by atoms with E-state index < -0.39 is 5.76 Å². The minimum atomic E-state index is -0.548. The van der Waals surface area contributed by atoms with Crippen molar-refractivity contribution in [3.63, 3.8) is 0 Å². The lowest BCUT2D eigenvalue weighted by Crippen LogP contribution is -2.37. The van der Waals surface area contributed by atoms with Crippen LogP contribution >= 0.6 is 0 Å². The van der Waals surface area contributed by atoms with E-state index >= 15 is 0 Å². The molecule has 5 rings (SSSR count). The van der Waals surface area contributed by atoms with Crippen molar-refractivity contribution in [1.82, 2.24) is 9.88 Å². The highest BCUT2D eigenvalue weighted by atomic mass is 16.5. The number of aromatic amines is 1. The van der Waals surface area contributed by atoms with Crippen LogP contribution in [0, 0.1) is 5.92 Å². The molecule has 2 saturated heterocycles. The monoisotopic (exact) mass is 350 g/mol. The van der Waals surface area contributed by atoms with Crippen molar-refractivity contribution < 1.29 is 13.9 Å². The van der Waals surface area contributed by atoms with Gasteiger partial charge in [0.05, 0.1) is 24.3 Å². The van der Waals surface area contributed by atoms with Crippen LogP contribution < -0.4 is 5.76 Å². The first-order valence-electron chi connectivity index (χ1n) is 8.72. The van der Waals surface area contributed by atoms with Gasteiger partial charge in [-0.25, -0.2) is 4.79 Å². The third kappa shape index (κ3) is 2.15. The molecular weight excluding hydrogens is 332 g/mol. The topological polar surface area (TPSA) is 75.5 Å². The third-order valence-electron chi connectivity index (χ3n) is 5.70. The Morgan fingerprint density at radius 3 is 2.85 bits per heavy atom. The van der Waals surface area contributed by atoms with Crippen molar-refractivity contribution in [2.75, 3.05) is 26.3 Å². The molecule has 0 unspecified atom stereocenters. The van der Waals surface area contributed by atoms with Gasteiger partial charge in [-0.15, -0.1) is 0 Å². The van der Waals surface area contributed by atoms with E-state index in [4.69, 9.17) is 9.15 Å². The van der Waals surface area contributed by atoms with Gasteiger partial charge in [0.25, 0.3) is 5.91 Å². The van der Waals surface area contributed by atoms with Crippen LogP contribution in [0.25, 0.3) is 11.1 Å². The van der Waals surface area contributed by atoms with Gasteiger partial charge in [-0.2, -0.15) is 0 Å². The Labute approximate surface area is 149 Å². The Balaban J connectivity index is 1.52. The molecule has 2 aromatic carbocycles. The Kier molecular flexibility index (Phi) is 3.30. The first kappa shape index (κ1) is 15.4. The van der Waals surface area contributed by atoms with Crippen LogP contribution in [0.5, 0.6) is 0 Å². The van der Waals surface area contributed by atoms with E-state index in [1.165, 1.54) is 5.56 Å². The van der Waals surface area contributed by atoms with Gasteiger partial charge in [-0.3, -0.25) is 9.78 Å². The number of carbonyl (C=O) groups is 1. The Morgan fingerprint density at radius 2 is 2.00 bits per heavy atom. The number of likely N-dealkylation sites (tertiary alicyclic amines) is 1. The number of H-pyrrole nitrogens is 1. The van der Waals surface area contributed by atoms with Gasteiger partial charge in [0.1, 0.15) is 0 Å². The number of para-hydroxylation sites is 1. The summed E-state index contributed by atoms with van der Waals surface area (Å²) in [4.78, 5) is 29.2. The molecule has 2 aliphatic heterocycles. The second-order valence-corrected chi connectivity index (χ2v) is 7.11. The lowest BCUT2D eigenvalue weighted by atomic mass is 9.75. The lowest BCUT2D eigenvalue weighted by molar-refractivity contribution is 0.0745. The minimum absolute atomic E-state index is 0.0858. The molecule has 0 radical (unpaired) electrons. The van der Waals surface area contributed by atoms with E-state index in [2.05, 4.69) is 17.1 Å². The van der Waals surface area contributed by atoms with Crippen molar-refractivity contribution in [3.8, 4) is 0 Å². The Morgan fingerprint density at radius 1 is 1.15 bits per heavy atom. The van der Waals surface area contributed by atoms with E-state index in [1.807, 2.05) is 23.1 Å². The molecule has 2 aliphatic rings. The van der Waals surface area contributed by atoms with Gasteiger partial charge in [-0.05, 0) is 17.7 Å². The predicted octanol–water partition coefficient (Wildman–Crippen LogP) is 2.16. The predicted molar refractivity (Wildman–Crippen MR) is 95.2 cm³/mol. The fourth-order valence-electron chi connectivity index (χ4n) is 4.39. The Bertz CT molecular complexity index is 1040. The summed E-state index contributed by atoms with van der Waals surface area (Å²) in [5.74, 6) is -0.360. The van der Waals surface area contributed by atoms with E-state index in [0.717, 1.165) is 0 Å². The largest absolute Gasteiger partial charge is 0.417 e. The fourth-order valence-corrected chi connectivity index (χ4v) is 4.39. The molecule has 132 valence electrons. The van der Waals surface area contributed by atoms with Crippen LogP contribution in [-0.4, -0.2) is 42.1 Å². The van der Waals surface area contributed by atoms with E-state index in [-0.39, 0.29) is 17.2 Å². The zero-order valence-corrected chi connectivity index (χ0v) is 14.1. The lowest BCUT2D eigenvalue weighted by Gasteiger charge is -2.27. The van der Waals surface area contributed by atoms with Gasteiger partial charge in [0.15, 0.2) is 5.58 Å². The molecular formula is C20H18N2O4. The molecule has 6 heteroatoms. The van der Waals surface area contributed by atoms with Crippen LogP contribution in [0.4, 0.5) is 0 Å². The number of nitrogens with zero attached hydrogens (tertiary/aromatic N) is 1. The molecule has 0 bridgehead atoms. The SMILES string of the molecule is O=C(c1cccc2oc(=O)[nH]c12)N1C[C@@H]2COC[C@]2(c2ccccc2)C1. The molecule has 1 aromatic heterocycles. The summed E-state index contributed by atoms with van der Waals surface area (Å²) in [6, 6.07) is 15.4. The molecule has 26 heavy (non-hydrogen) atoms. The zero-order valence-electron chi connectivity index (χ0n) is 14.1. The molecule has 0 aliphatic carbocycles. The maximum absolute atomic E-state index is 13.2. The summed E-state index contributed by atoms with van der Waals surface area (Å²) in [7, 11) is 0. The normalized spacial score (nSPS) is 24.9. The van der Waals surface area contributed by atoms with Crippen molar-refractivity contribution in [1.29, 1.82) is 0 Å². The number of aromatic nitrogens is 1. The van der Waals surface area contributed by atoms with E-state index in [1.54, 1.807) is 18.2 Å². The first-order valence-corrected chi connectivity index (χ1v) is 8.72. The van der Waals surface area contributed by atoms with E-state index in [9.17, 15) is 9.59 Å². The van der Waals surface area contributed by atoms with Gasteiger partial charge >= 0.3 is 5.76 Å². The summed E-state index contributed by atoms with van der Waals surface area (Å²) in [6.07, 6.45) is 0. The Hall–Kier alpha value is -2.86. The molecule has 0 saturated carbocycles. The smallest absolute Gasteiger partial charge is 0.408 e. The van der Waals surface area contributed by atoms with E-state index in [0.29, 0.717) is 43.0 Å². The number of hydrogen-bond acceptors (Lipinski definition) is 4. The summed E-state index contributed by atoms with van der Waals surface area (Å²) < 4.78 is 10.9. The number of nitrogens with one attached hydrogen (secondary N) is 1. The molecule has 1 N–H and O–H groups in total. The van der Waals surface area contributed by atoms with Gasteiger partial charge in [-0.1, -0.05) is 36.4 Å². The van der Waals surface area contributed by atoms with Crippen LogP contribution in [0.15, 0.2) is 57.7 Å². The zero-order chi connectivity index (χ0) is 17.7. The number of oxazole rings is 1. The number of hydrogen-bond donors (Lipinski definition) is 1. The van der Waals surface area contributed by atoms with Gasteiger partial charge in [0.2, 0.25) is 0 Å². The number of carbonyl (C=O) groups excluding carboxylic acids is 1. The number of benzene rings is 2. The standard InChI is InChI=1S/C20H18N2O4/c23-18(15-7-4-8-16-17(15)21-19(24)26-16)22-9-14-10-25-12-20(14,11-22)13-5-2-1-3-6-13/h1-8,14H,9-12H2,(H,21,24)/t14-,20+/m1/s1. The molecule has 0 spiro atoms. The average molecular weight is 350 g/mol. The van der Waals surface area contributed by atoms with Crippen molar-refractivity contribution in [2.45, 2.75) is 5.41 Å². The summed E-state index contributed by atoms with van der Waals surface area (Å²) >= 11 is 0. The highest BCUT2D eigenvalue weighted by Crippen LogP contribution is 2.44. The molecule has 1 amide bonds. The molecule has 3 heterocycles. The van der Waals surface area contributed by atoms with Crippen LogP contribution in [-0.2, 0) is 10.2 Å². The average Bonchev–Trinajstić information content (AvgIpc) is 3.32. The number of ether oxygens (including phenoxy) is 1. The maximum atomic E-state index is 13.2. The maximum Gasteiger partial charge on any atom is 0.417 e. The van der Waals surface area contributed by atoms with Crippen LogP contribution in [0.2, 0.25) is 0 Å². The first-order chi connectivity index (χ1) is 12.7. The summed E-state index contributed by atoms with van der Waals surface area (Å²) in [5.41, 5.74) is 2.39. The third-order valence-corrected chi connectivity index (χ3v) is 5.70. The molecule has 6 nitrogen and oxygen atoms in total. The van der Waals surface area contributed by atoms with Gasteiger partial charge < -0.3 is 14.1 Å². The van der Waals surface area contributed by atoms with Crippen LogP contribution in [0.3, 0.4) is 0 Å². The summed E-state index contributed by atoms with van der Waals surface area (Å²) in [5, 5.41) is 0. The number of fused-ring (bicyclic) bond motifs is 2. The highest BCUT2D eigenvalue weighted by molar-refractivity contribution is 6.04. The number of rotatable bonds is 2. The highest BCUT2D eigenvalue weighted by Gasteiger charge is 2.52.